The fourth-order valence-electron chi connectivity index (χ4n) is 2.51. The third-order valence-electron chi connectivity index (χ3n) is 4.24. The lowest BCUT2D eigenvalue weighted by Crippen LogP contribution is -2.49. The Hall–Kier alpha value is -0.730. The van der Waals surface area contributed by atoms with E-state index in [1.54, 1.807) is 0 Å². The van der Waals surface area contributed by atoms with Crippen LogP contribution in [-0.2, 0) is 9.53 Å². The summed E-state index contributed by atoms with van der Waals surface area (Å²) in [6.07, 6.45) is 4.14. The quantitative estimate of drug-likeness (QED) is 0.203. The predicted octanol–water partition coefficient (Wildman–Crippen LogP) is 0.886. The van der Waals surface area contributed by atoms with E-state index < -0.39 is 37.0 Å². The summed E-state index contributed by atoms with van der Waals surface area (Å²) in [5.74, 6) is -1.05. The van der Waals surface area contributed by atoms with Gasteiger partial charge in [0.2, 0.25) is 0 Å². The van der Waals surface area contributed by atoms with Gasteiger partial charge in [-0.25, -0.2) is 4.79 Å². The van der Waals surface area contributed by atoms with Crippen molar-refractivity contribution in [3.8, 4) is 0 Å². The van der Waals surface area contributed by atoms with Crippen LogP contribution in [0.25, 0.3) is 0 Å². The Morgan fingerprint density at radius 1 is 0.800 bits per heavy atom. The minimum atomic E-state index is -1.96. The van der Waals surface area contributed by atoms with Gasteiger partial charge >= 0.3 is 5.97 Å². The van der Waals surface area contributed by atoms with E-state index in [-0.39, 0.29) is 6.61 Å². The molecule has 0 saturated carbocycles. The number of hydrogen-bond acceptors (Lipinski definition) is 7. The van der Waals surface area contributed by atoms with E-state index in [9.17, 15) is 25.2 Å². The number of carbonyl (C=O) groups is 1. The summed E-state index contributed by atoms with van der Waals surface area (Å²) in [6, 6.07) is 0. The van der Waals surface area contributed by atoms with Crippen molar-refractivity contribution in [2.24, 2.45) is 0 Å². The highest BCUT2D eigenvalue weighted by molar-refractivity contribution is 5.75. The first-order chi connectivity index (χ1) is 12.0. The zero-order valence-electron chi connectivity index (χ0n) is 15.3. The van der Waals surface area contributed by atoms with Crippen molar-refractivity contribution < 1.29 is 35.1 Å². The lowest BCUT2D eigenvalue weighted by atomic mass is 10.0. The van der Waals surface area contributed by atoms with Gasteiger partial charge in [0.15, 0.2) is 6.10 Å². The van der Waals surface area contributed by atoms with Crippen molar-refractivity contribution >= 4 is 5.97 Å². The molecule has 0 aliphatic heterocycles. The standard InChI is InChI=1S/C18H36O7/c1-2-3-4-5-6-7-8-9-10-11-12-25-18(24)17(23)16(22)15(21)14(20)13-19/h14-17,19-23H,2-13H2,1H3/t14-,15-,16+,17-/m1/s1. The lowest BCUT2D eigenvalue weighted by molar-refractivity contribution is -0.170. The van der Waals surface area contributed by atoms with Crippen LogP contribution in [0.3, 0.4) is 0 Å². The van der Waals surface area contributed by atoms with Crippen molar-refractivity contribution in [1.82, 2.24) is 0 Å². The second-order valence-corrected chi connectivity index (χ2v) is 6.53. The molecule has 25 heavy (non-hydrogen) atoms. The van der Waals surface area contributed by atoms with E-state index in [4.69, 9.17) is 9.84 Å². The van der Waals surface area contributed by atoms with Crippen LogP contribution in [0, 0.1) is 0 Å². The number of esters is 1. The molecule has 0 aromatic heterocycles. The van der Waals surface area contributed by atoms with E-state index in [1.807, 2.05) is 0 Å². The molecule has 0 aromatic rings. The van der Waals surface area contributed by atoms with Crippen LogP contribution < -0.4 is 0 Å². The van der Waals surface area contributed by atoms with Gasteiger partial charge in [0.25, 0.3) is 0 Å². The summed E-state index contributed by atoms with van der Waals surface area (Å²) in [7, 11) is 0. The number of aliphatic hydroxyl groups excluding tert-OH is 5. The van der Waals surface area contributed by atoms with Crippen LogP contribution >= 0.6 is 0 Å². The van der Waals surface area contributed by atoms with E-state index in [0.29, 0.717) is 6.42 Å². The fraction of sp³-hybridized carbons (Fsp3) is 0.944. The first-order valence-corrected chi connectivity index (χ1v) is 9.45. The van der Waals surface area contributed by atoms with Crippen molar-refractivity contribution in [3.63, 3.8) is 0 Å². The highest BCUT2D eigenvalue weighted by Crippen LogP contribution is 2.11. The molecule has 0 heterocycles. The zero-order valence-corrected chi connectivity index (χ0v) is 15.3. The molecule has 4 atom stereocenters. The summed E-state index contributed by atoms with van der Waals surface area (Å²) >= 11 is 0. The highest BCUT2D eigenvalue weighted by atomic mass is 16.5. The summed E-state index contributed by atoms with van der Waals surface area (Å²) in [4.78, 5) is 11.6. The molecule has 0 aromatic carbocycles. The average Bonchev–Trinajstić information content (AvgIpc) is 2.63. The topological polar surface area (TPSA) is 127 Å². The van der Waals surface area contributed by atoms with Gasteiger partial charge in [-0.1, -0.05) is 64.7 Å². The maximum Gasteiger partial charge on any atom is 0.337 e. The van der Waals surface area contributed by atoms with Crippen LogP contribution in [0.2, 0.25) is 0 Å². The normalized spacial score (nSPS) is 16.2. The molecular weight excluding hydrogens is 328 g/mol. The van der Waals surface area contributed by atoms with E-state index in [2.05, 4.69) is 6.92 Å². The van der Waals surface area contributed by atoms with Crippen LogP contribution in [0.1, 0.15) is 71.1 Å². The predicted molar refractivity (Wildman–Crippen MR) is 93.9 cm³/mol. The Bertz CT molecular complexity index is 325. The molecule has 0 fully saturated rings. The molecule has 0 aliphatic carbocycles. The van der Waals surface area contributed by atoms with Gasteiger partial charge in [-0.2, -0.15) is 0 Å². The fourth-order valence-corrected chi connectivity index (χ4v) is 2.51. The molecule has 0 spiro atoms. The van der Waals surface area contributed by atoms with Gasteiger partial charge in [0.05, 0.1) is 13.2 Å². The summed E-state index contributed by atoms with van der Waals surface area (Å²) in [5, 5.41) is 46.4. The minimum absolute atomic E-state index is 0.137. The number of carbonyl (C=O) groups excluding carboxylic acids is 1. The monoisotopic (exact) mass is 364 g/mol. The second kappa shape index (κ2) is 15.5. The van der Waals surface area contributed by atoms with E-state index in [1.165, 1.54) is 38.5 Å². The van der Waals surface area contributed by atoms with Gasteiger partial charge in [-0.05, 0) is 6.42 Å². The molecule has 0 bridgehead atoms. The molecule has 0 radical (unpaired) electrons. The van der Waals surface area contributed by atoms with Crippen molar-refractivity contribution in [1.29, 1.82) is 0 Å². The molecule has 150 valence electrons. The lowest BCUT2D eigenvalue weighted by Gasteiger charge is -2.24. The molecule has 0 rings (SSSR count). The van der Waals surface area contributed by atoms with Crippen molar-refractivity contribution in [3.05, 3.63) is 0 Å². The van der Waals surface area contributed by atoms with Crippen LogP contribution in [0.5, 0.6) is 0 Å². The number of aliphatic hydroxyl groups is 5. The Balaban J connectivity index is 3.66. The molecular formula is C18H36O7. The van der Waals surface area contributed by atoms with Crippen LogP contribution in [0.15, 0.2) is 0 Å². The molecule has 0 aliphatic rings. The van der Waals surface area contributed by atoms with Gasteiger partial charge < -0.3 is 30.3 Å². The maximum absolute atomic E-state index is 11.6. The largest absolute Gasteiger partial charge is 0.464 e. The average molecular weight is 364 g/mol. The van der Waals surface area contributed by atoms with Crippen molar-refractivity contribution in [2.45, 2.75) is 95.5 Å². The number of hydrogen-bond donors (Lipinski definition) is 5. The zero-order chi connectivity index (χ0) is 19.1. The highest BCUT2D eigenvalue weighted by Gasteiger charge is 2.35. The molecule has 0 amide bonds. The smallest absolute Gasteiger partial charge is 0.337 e. The van der Waals surface area contributed by atoms with Crippen LogP contribution in [0.4, 0.5) is 0 Å². The van der Waals surface area contributed by atoms with Gasteiger partial charge in [-0.3, -0.25) is 0 Å². The first kappa shape index (κ1) is 24.3. The SMILES string of the molecule is CCCCCCCCCCCCOC(=O)[C@H](O)[C@@H](O)[C@H](O)[C@H](O)CO. The van der Waals surface area contributed by atoms with Crippen LogP contribution in [-0.4, -0.2) is 69.1 Å². The maximum atomic E-state index is 11.6. The Morgan fingerprint density at radius 3 is 1.76 bits per heavy atom. The molecule has 7 heteroatoms. The van der Waals surface area contributed by atoms with Gasteiger partial charge in [-0.15, -0.1) is 0 Å². The molecule has 0 unspecified atom stereocenters. The Kier molecular flexibility index (Phi) is 15.1. The number of rotatable bonds is 16. The molecule has 7 nitrogen and oxygen atoms in total. The minimum Gasteiger partial charge on any atom is -0.464 e. The van der Waals surface area contributed by atoms with E-state index in [0.717, 1.165) is 19.3 Å². The first-order valence-electron chi connectivity index (χ1n) is 9.45. The van der Waals surface area contributed by atoms with Crippen molar-refractivity contribution in [2.75, 3.05) is 13.2 Å². The summed E-state index contributed by atoms with van der Waals surface area (Å²) in [6.45, 7) is 1.55. The second-order valence-electron chi connectivity index (χ2n) is 6.53. The summed E-state index contributed by atoms with van der Waals surface area (Å²) in [5.41, 5.74) is 0. The van der Waals surface area contributed by atoms with E-state index >= 15 is 0 Å². The molecule has 0 saturated heterocycles. The number of unbranched alkanes of at least 4 members (excludes halogenated alkanes) is 9. The molecule has 5 N–H and O–H groups in total. The number of ether oxygens (including phenoxy) is 1. The summed E-state index contributed by atoms with van der Waals surface area (Å²) < 4.78 is 4.86. The Labute approximate surface area is 150 Å². The third kappa shape index (κ3) is 11.5. The van der Waals surface area contributed by atoms with Gasteiger partial charge in [0.1, 0.15) is 18.3 Å². The van der Waals surface area contributed by atoms with Gasteiger partial charge in [0, 0.05) is 0 Å². The third-order valence-corrected chi connectivity index (χ3v) is 4.24. The Morgan fingerprint density at radius 2 is 1.28 bits per heavy atom.